The Hall–Kier alpha value is -1.23. The summed E-state index contributed by atoms with van der Waals surface area (Å²) < 4.78 is 0. The van der Waals surface area contributed by atoms with Crippen molar-refractivity contribution < 1.29 is 0 Å². The highest BCUT2D eigenvalue weighted by atomic mass is 32.1. The molecule has 18 heavy (non-hydrogen) atoms. The number of hydrogen-bond donors (Lipinski definition) is 2. The molecule has 1 aliphatic carbocycles. The first-order chi connectivity index (χ1) is 8.69. The molecule has 0 aromatic carbocycles. The summed E-state index contributed by atoms with van der Waals surface area (Å²) in [6.07, 6.45) is 7.98. The second-order valence-electron chi connectivity index (χ2n) is 4.91. The van der Waals surface area contributed by atoms with Crippen molar-refractivity contribution in [1.29, 1.82) is 0 Å². The van der Waals surface area contributed by atoms with Gasteiger partial charge in [0.2, 0.25) is 5.95 Å². The van der Waals surface area contributed by atoms with E-state index in [2.05, 4.69) is 22.2 Å². The Morgan fingerprint density at radius 1 is 1.56 bits per heavy atom. The van der Waals surface area contributed by atoms with Gasteiger partial charge in [-0.1, -0.05) is 38.4 Å². The maximum absolute atomic E-state index is 5.57. The van der Waals surface area contributed by atoms with Crippen LogP contribution in [0.3, 0.4) is 0 Å². The zero-order valence-electron chi connectivity index (χ0n) is 10.7. The lowest BCUT2D eigenvalue weighted by molar-refractivity contribution is 0.326. The van der Waals surface area contributed by atoms with E-state index in [-0.39, 0.29) is 0 Å². The van der Waals surface area contributed by atoms with E-state index in [4.69, 9.17) is 18.0 Å². The molecule has 1 aromatic rings. The number of hydrogen-bond acceptors (Lipinski definition) is 4. The highest BCUT2D eigenvalue weighted by molar-refractivity contribution is 7.80. The molecule has 1 saturated carbocycles. The van der Waals surface area contributed by atoms with Gasteiger partial charge in [0.25, 0.3) is 0 Å². The van der Waals surface area contributed by atoms with Crippen LogP contribution in [0.2, 0.25) is 0 Å². The predicted octanol–water partition coefficient (Wildman–Crippen LogP) is 2.49. The van der Waals surface area contributed by atoms with E-state index < -0.39 is 0 Å². The number of thiocarbonyl (C=S) groups is 1. The third-order valence-electron chi connectivity index (χ3n) is 3.60. The highest BCUT2D eigenvalue weighted by Gasteiger charge is 2.21. The van der Waals surface area contributed by atoms with Crippen LogP contribution in [-0.2, 0) is 0 Å². The Kier molecular flexibility index (Phi) is 4.47. The minimum absolute atomic E-state index is 0.315. The Morgan fingerprint density at radius 3 is 3.11 bits per heavy atom. The van der Waals surface area contributed by atoms with Crippen molar-refractivity contribution in [2.24, 2.45) is 11.7 Å². The monoisotopic (exact) mass is 264 g/mol. The molecule has 2 atom stereocenters. The molecule has 0 aliphatic heterocycles. The van der Waals surface area contributed by atoms with Crippen LogP contribution >= 0.6 is 12.2 Å². The van der Waals surface area contributed by atoms with Crippen molar-refractivity contribution in [3.8, 4) is 0 Å². The Bertz CT molecular complexity index is 421. The number of nitrogens with one attached hydrogen (secondary N) is 1. The van der Waals surface area contributed by atoms with Gasteiger partial charge in [0, 0.05) is 12.2 Å². The van der Waals surface area contributed by atoms with Gasteiger partial charge < -0.3 is 11.1 Å². The lowest BCUT2D eigenvalue weighted by Gasteiger charge is -2.29. The molecule has 4 nitrogen and oxygen atoms in total. The first-order valence-corrected chi connectivity index (χ1v) is 6.99. The molecular weight excluding hydrogens is 244 g/mol. The molecule has 5 heteroatoms. The van der Waals surface area contributed by atoms with Gasteiger partial charge in [-0.3, -0.25) is 0 Å². The first-order valence-electron chi connectivity index (χ1n) is 6.58. The van der Waals surface area contributed by atoms with Gasteiger partial charge in [-0.2, -0.15) is 0 Å². The van der Waals surface area contributed by atoms with E-state index in [1.165, 1.54) is 32.1 Å². The van der Waals surface area contributed by atoms with E-state index >= 15 is 0 Å². The summed E-state index contributed by atoms with van der Waals surface area (Å²) in [5.74, 6) is 1.47. The average Bonchev–Trinajstić information content (AvgIpc) is 2.39. The summed E-state index contributed by atoms with van der Waals surface area (Å²) >= 11 is 4.92. The summed E-state index contributed by atoms with van der Waals surface area (Å²) in [7, 11) is 0. The van der Waals surface area contributed by atoms with Gasteiger partial charge in [-0.25, -0.2) is 9.97 Å². The summed E-state index contributed by atoms with van der Waals surface area (Å²) in [5, 5.41) is 3.40. The molecule has 0 saturated heterocycles. The van der Waals surface area contributed by atoms with Gasteiger partial charge in [-0.15, -0.1) is 0 Å². The second-order valence-corrected chi connectivity index (χ2v) is 5.35. The number of nitrogens with two attached hydrogens (primary N) is 1. The van der Waals surface area contributed by atoms with Gasteiger partial charge >= 0.3 is 0 Å². The van der Waals surface area contributed by atoms with Crippen molar-refractivity contribution in [3.63, 3.8) is 0 Å². The molecule has 0 bridgehead atoms. The van der Waals surface area contributed by atoms with Crippen LogP contribution in [0.5, 0.6) is 0 Å². The Morgan fingerprint density at radius 2 is 2.39 bits per heavy atom. The van der Waals surface area contributed by atoms with Crippen molar-refractivity contribution in [2.45, 2.75) is 45.1 Å². The third kappa shape index (κ3) is 3.38. The minimum atomic E-state index is 0.315. The lowest BCUT2D eigenvalue weighted by atomic mass is 9.84. The first kappa shape index (κ1) is 13.2. The summed E-state index contributed by atoms with van der Waals surface area (Å²) in [6, 6.07) is 2.22. The average molecular weight is 264 g/mol. The van der Waals surface area contributed by atoms with Crippen molar-refractivity contribution >= 4 is 23.2 Å². The van der Waals surface area contributed by atoms with E-state index in [0.717, 1.165) is 5.92 Å². The zero-order chi connectivity index (χ0) is 13.0. The summed E-state index contributed by atoms with van der Waals surface area (Å²) in [6.45, 7) is 2.26. The summed E-state index contributed by atoms with van der Waals surface area (Å²) in [4.78, 5) is 8.87. The van der Waals surface area contributed by atoms with Crippen molar-refractivity contribution in [1.82, 2.24) is 9.97 Å². The van der Waals surface area contributed by atoms with Crippen molar-refractivity contribution in [3.05, 3.63) is 18.0 Å². The SMILES string of the molecule is CCC1CCCC(Nc2nccc(C(N)=S)n2)C1. The van der Waals surface area contributed by atoms with Crippen LogP contribution < -0.4 is 11.1 Å². The van der Waals surface area contributed by atoms with E-state index in [1.807, 2.05) is 0 Å². The fraction of sp³-hybridized carbons (Fsp3) is 0.615. The highest BCUT2D eigenvalue weighted by Crippen LogP contribution is 2.27. The molecule has 2 rings (SSSR count). The van der Waals surface area contributed by atoms with Crippen LogP contribution in [0, 0.1) is 5.92 Å². The quantitative estimate of drug-likeness (QED) is 0.818. The molecule has 2 unspecified atom stereocenters. The van der Waals surface area contributed by atoms with Gasteiger partial charge in [0.1, 0.15) is 10.7 Å². The Balaban J connectivity index is 2.00. The largest absolute Gasteiger partial charge is 0.388 e. The predicted molar refractivity (Wildman–Crippen MR) is 77.6 cm³/mol. The number of anilines is 1. The molecule has 3 N–H and O–H groups in total. The molecule has 1 heterocycles. The molecule has 0 radical (unpaired) electrons. The molecule has 1 fully saturated rings. The standard InChI is InChI=1S/C13H20N4S/c1-2-9-4-3-5-10(8-9)16-13-15-7-6-11(17-13)12(14)18/h6-7,9-10H,2-5,8H2,1H3,(H2,14,18)(H,15,16,17). The number of rotatable bonds is 4. The maximum atomic E-state index is 5.57. The normalized spacial score (nSPS) is 23.6. The van der Waals surface area contributed by atoms with E-state index in [9.17, 15) is 0 Å². The lowest BCUT2D eigenvalue weighted by Crippen LogP contribution is -2.28. The van der Waals surface area contributed by atoms with Crippen LogP contribution in [0.4, 0.5) is 5.95 Å². The number of nitrogens with zero attached hydrogens (tertiary/aromatic N) is 2. The van der Waals surface area contributed by atoms with Crippen LogP contribution in [0.15, 0.2) is 12.3 Å². The summed E-state index contributed by atoms with van der Waals surface area (Å²) in [5.41, 5.74) is 6.20. The van der Waals surface area contributed by atoms with Crippen LogP contribution in [-0.4, -0.2) is 21.0 Å². The third-order valence-corrected chi connectivity index (χ3v) is 3.81. The molecule has 0 spiro atoms. The van der Waals surface area contributed by atoms with Gasteiger partial charge in [0.15, 0.2) is 0 Å². The minimum Gasteiger partial charge on any atom is -0.388 e. The number of aromatic nitrogens is 2. The molecule has 0 amide bonds. The topological polar surface area (TPSA) is 63.8 Å². The molecular formula is C13H20N4S. The van der Waals surface area contributed by atoms with E-state index in [0.29, 0.717) is 22.7 Å². The smallest absolute Gasteiger partial charge is 0.223 e. The molecule has 1 aliphatic rings. The Labute approximate surface area is 113 Å². The fourth-order valence-corrected chi connectivity index (χ4v) is 2.65. The van der Waals surface area contributed by atoms with Gasteiger partial charge in [0.05, 0.1) is 0 Å². The maximum Gasteiger partial charge on any atom is 0.223 e. The van der Waals surface area contributed by atoms with Crippen LogP contribution in [0.1, 0.15) is 44.7 Å². The molecule has 98 valence electrons. The fourth-order valence-electron chi connectivity index (χ4n) is 2.54. The van der Waals surface area contributed by atoms with E-state index in [1.54, 1.807) is 12.3 Å². The zero-order valence-corrected chi connectivity index (χ0v) is 11.5. The van der Waals surface area contributed by atoms with Crippen molar-refractivity contribution in [2.75, 3.05) is 5.32 Å². The molecule has 1 aromatic heterocycles. The van der Waals surface area contributed by atoms with Gasteiger partial charge in [-0.05, 0) is 24.8 Å². The van der Waals surface area contributed by atoms with Crippen LogP contribution in [0.25, 0.3) is 0 Å². The second kappa shape index (κ2) is 6.09.